The highest BCUT2D eigenvalue weighted by Crippen LogP contribution is 2.16. The Balaban J connectivity index is 2.68. The van der Waals surface area contributed by atoms with Crippen molar-refractivity contribution in [2.75, 3.05) is 13.2 Å². The molecule has 1 aromatic carbocycles. The molecule has 1 atom stereocenters. The largest absolute Gasteiger partial charge is 0.466 e. The van der Waals surface area contributed by atoms with Crippen molar-refractivity contribution >= 4 is 12.1 Å². The zero-order valence-corrected chi connectivity index (χ0v) is 14.1. The summed E-state index contributed by atoms with van der Waals surface area (Å²) in [7, 11) is 0. The third-order valence-corrected chi connectivity index (χ3v) is 2.91. The monoisotopic (exact) mass is 323 g/mol. The fraction of sp³-hybridized carbons (Fsp3) is 0.529. The molecule has 0 spiro atoms. The van der Waals surface area contributed by atoms with Gasteiger partial charge in [-0.15, -0.1) is 0 Å². The quantitative estimate of drug-likeness (QED) is 0.785. The highest BCUT2D eigenvalue weighted by Gasteiger charge is 2.20. The third-order valence-electron chi connectivity index (χ3n) is 2.91. The van der Waals surface area contributed by atoms with E-state index in [1.54, 1.807) is 52.0 Å². The maximum atomic E-state index is 11.8. The SMILES string of the molecule is CCOC(=O)Cc1ccc(C(CO)NC(=O)OC(C)(C)C)cc1. The smallest absolute Gasteiger partial charge is 0.408 e. The number of carbonyl (C=O) groups excluding carboxylic acids is 2. The molecule has 128 valence electrons. The maximum absolute atomic E-state index is 11.8. The van der Waals surface area contributed by atoms with Crippen LogP contribution in [0.5, 0.6) is 0 Å². The Morgan fingerprint density at radius 1 is 1.22 bits per heavy atom. The number of alkyl carbamates (subject to hydrolysis) is 1. The summed E-state index contributed by atoms with van der Waals surface area (Å²) >= 11 is 0. The van der Waals surface area contributed by atoms with Crippen LogP contribution >= 0.6 is 0 Å². The van der Waals surface area contributed by atoms with Crippen molar-refractivity contribution in [3.05, 3.63) is 35.4 Å². The maximum Gasteiger partial charge on any atom is 0.408 e. The number of ether oxygens (including phenoxy) is 2. The topological polar surface area (TPSA) is 84.9 Å². The van der Waals surface area contributed by atoms with Gasteiger partial charge in [0.2, 0.25) is 0 Å². The summed E-state index contributed by atoms with van der Waals surface area (Å²) in [5.74, 6) is -0.286. The van der Waals surface area contributed by atoms with Crippen molar-refractivity contribution in [3.63, 3.8) is 0 Å². The summed E-state index contributed by atoms with van der Waals surface area (Å²) in [4.78, 5) is 23.2. The van der Waals surface area contributed by atoms with Gasteiger partial charge in [-0.25, -0.2) is 4.79 Å². The summed E-state index contributed by atoms with van der Waals surface area (Å²) < 4.78 is 10.1. The first-order chi connectivity index (χ1) is 10.7. The molecule has 1 rings (SSSR count). The van der Waals surface area contributed by atoms with Crippen LogP contribution < -0.4 is 5.32 Å². The van der Waals surface area contributed by atoms with E-state index in [1.165, 1.54) is 0 Å². The molecule has 6 nitrogen and oxygen atoms in total. The molecule has 0 saturated heterocycles. The summed E-state index contributed by atoms with van der Waals surface area (Å²) in [5, 5.41) is 12.1. The zero-order valence-electron chi connectivity index (χ0n) is 14.1. The molecule has 0 fully saturated rings. The highest BCUT2D eigenvalue weighted by molar-refractivity contribution is 5.72. The highest BCUT2D eigenvalue weighted by atomic mass is 16.6. The number of rotatable bonds is 6. The van der Waals surface area contributed by atoms with Gasteiger partial charge in [-0.1, -0.05) is 24.3 Å². The molecule has 1 unspecified atom stereocenters. The number of aliphatic hydroxyl groups excluding tert-OH is 1. The zero-order chi connectivity index (χ0) is 17.5. The second kappa shape index (κ2) is 8.53. The van der Waals surface area contributed by atoms with Crippen molar-refractivity contribution < 1.29 is 24.2 Å². The molecular weight excluding hydrogens is 298 g/mol. The molecule has 0 aromatic heterocycles. The van der Waals surface area contributed by atoms with E-state index < -0.39 is 17.7 Å². The van der Waals surface area contributed by atoms with E-state index >= 15 is 0 Å². The third kappa shape index (κ3) is 7.15. The van der Waals surface area contributed by atoms with Gasteiger partial charge in [-0.2, -0.15) is 0 Å². The fourth-order valence-electron chi connectivity index (χ4n) is 1.93. The number of nitrogens with one attached hydrogen (secondary N) is 1. The van der Waals surface area contributed by atoms with Gasteiger partial charge in [0.25, 0.3) is 0 Å². The molecule has 2 N–H and O–H groups in total. The minimum Gasteiger partial charge on any atom is -0.466 e. The van der Waals surface area contributed by atoms with Gasteiger partial charge in [-0.3, -0.25) is 4.79 Å². The number of aliphatic hydroxyl groups is 1. The number of benzene rings is 1. The molecule has 23 heavy (non-hydrogen) atoms. The van der Waals surface area contributed by atoms with Crippen LogP contribution in [0.25, 0.3) is 0 Å². The number of amides is 1. The Hall–Kier alpha value is -2.08. The van der Waals surface area contributed by atoms with E-state index in [0.29, 0.717) is 6.61 Å². The van der Waals surface area contributed by atoms with Crippen molar-refractivity contribution in [3.8, 4) is 0 Å². The van der Waals surface area contributed by atoms with Gasteiger partial charge in [0.15, 0.2) is 0 Å². The van der Waals surface area contributed by atoms with Crippen molar-refractivity contribution in [2.24, 2.45) is 0 Å². The van der Waals surface area contributed by atoms with Gasteiger partial charge in [0.1, 0.15) is 5.60 Å². The van der Waals surface area contributed by atoms with E-state index in [0.717, 1.165) is 11.1 Å². The van der Waals surface area contributed by atoms with E-state index in [9.17, 15) is 14.7 Å². The van der Waals surface area contributed by atoms with Gasteiger partial charge in [0, 0.05) is 0 Å². The van der Waals surface area contributed by atoms with Crippen LogP contribution in [0, 0.1) is 0 Å². The van der Waals surface area contributed by atoms with Crippen LogP contribution in [-0.4, -0.2) is 36.0 Å². The molecule has 0 aliphatic rings. The van der Waals surface area contributed by atoms with Gasteiger partial charge in [-0.05, 0) is 38.8 Å². The Morgan fingerprint density at radius 2 is 1.83 bits per heavy atom. The molecule has 0 heterocycles. The lowest BCUT2D eigenvalue weighted by Gasteiger charge is -2.23. The lowest BCUT2D eigenvalue weighted by Crippen LogP contribution is -2.36. The molecule has 0 aliphatic heterocycles. The molecule has 0 radical (unpaired) electrons. The van der Waals surface area contributed by atoms with Gasteiger partial charge < -0.3 is 19.9 Å². The number of esters is 1. The van der Waals surface area contributed by atoms with E-state index in [2.05, 4.69) is 5.32 Å². The van der Waals surface area contributed by atoms with E-state index in [1.807, 2.05) is 0 Å². The second-order valence-corrected chi connectivity index (χ2v) is 6.10. The van der Waals surface area contributed by atoms with Crippen LogP contribution in [0.4, 0.5) is 4.79 Å². The van der Waals surface area contributed by atoms with Gasteiger partial charge in [0.05, 0.1) is 25.7 Å². The lowest BCUT2D eigenvalue weighted by molar-refractivity contribution is -0.142. The van der Waals surface area contributed by atoms with Crippen molar-refractivity contribution in [1.82, 2.24) is 5.32 Å². The Morgan fingerprint density at radius 3 is 2.30 bits per heavy atom. The molecule has 6 heteroatoms. The minimum atomic E-state index is -0.604. The molecule has 0 bridgehead atoms. The normalized spacial score (nSPS) is 12.4. The lowest BCUT2D eigenvalue weighted by atomic mass is 10.0. The molecule has 0 aliphatic carbocycles. The van der Waals surface area contributed by atoms with Crippen LogP contribution in [0.3, 0.4) is 0 Å². The van der Waals surface area contributed by atoms with Crippen molar-refractivity contribution in [2.45, 2.75) is 45.8 Å². The first kappa shape index (κ1) is 19.0. The summed E-state index contributed by atoms with van der Waals surface area (Å²) in [6.07, 6.45) is -0.399. The number of hydrogen-bond acceptors (Lipinski definition) is 5. The molecule has 1 aromatic rings. The van der Waals surface area contributed by atoms with Crippen LogP contribution in [0.2, 0.25) is 0 Å². The summed E-state index contributed by atoms with van der Waals surface area (Å²) in [6.45, 7) is 7.16. The molecular formula is C17H25NO5. The number of hydrogen-bond donors (Lipinski definition) is 2. The first-order valence-electron chi connectivity index (χ1n) is 7.60. The van der Waals surface area contributed by atoms with Gasteiger partial charge >= 0.3 is 12.1 Å². The molecule has 0 saturated carbocycles. The van der Waals surface area contributed by atoms with E-state index in [-0.39, 0.29) is 19.0 Å². The average Bonchev–Trinajstić information content (AvgIpc) is 2.44. The summed E-state index contributed by atoms with van der Waals surface area (Å²) in [5.41, 5.74) is 0.931. The second-order valence-electron chi connectivity index (χ2n) is 6.10. The predicted octanol–water partition coefficient (Wildman–Crippen LogP) is 2.35. The van der Waals surface area contributed by atoms with Crippen molar-refractivity contribution in [1.29, 1.82) is 0 Å². The summed E-state index contributed by atoms with van der Waals surface area (Å²) in [6, 6.07) is 6.48. The predicted molar refractivity (Wildman–Crippen MR) is 86.0 cm³/mol. The van der Waals surface area contributed by atoms with E-state index in [4.69, 9.17) is 9.47 Å². The first-order valence-corrected chi connectivity index (χ1v) is 7.60. The molecule has 1 amide bonds. The minimum absolute atomic E-state index is 0.192. The standard InChI is InChI=1S/C17H25NO5/c1-5-22-15(20)10-12-6-8-13(9-7-12)14(11-19)18-16(21)23-17(2,3)4/h6-9,14,19H,5,10-11H2,1-4H3,(H,18,21). The number of carbonyl (C=O) groups is 2. The fourth-order valence-corrected chi connectivity index (χ4v) is 1.93. The Labute approximate surface area is 136 Å². The Bertz CT molecular complexity index is 519. The van der Waals surface area contributed by atoms with Crippen LogP contribution in [0.1, 0.15) is 44.9 Å². The Kier molecular flexibility index (Phi) is 7.03. The van der Waals surface area contributed by atoms with Crippen LogP contribution in [-0.2, 0) is 20.7 Å². The average molecular weight is 323 g/mol. The van der Waals surface area contributed by atoms with Crippen LogP contribution in [0.15, 0.2) is 24.3 Å².